The third-order valence-corrected chi connectivity index (χ3v) is 18.1. The molecule has 86 heavy (non-hydrogen) atoms. The van der Waals surface area contributed by atoms with Gasteiger partial charge in [0, 0.05) is 61.3 Å². The zero-order valence-electron chi connectivity index (χ0n) is 48.6. The van der Waals surface area contributed by atoms with E-state index in [1.54, 1.807) is 16.8 Å². The Bertz CT molecular complexity index is 3610. The first kappa shape index (κ1) is 62.6. The number of aromatic nitrogens is 2. The molecule has 6 atom stereocenters. The van der Waals surface area contributed by atoms with Crippen molar-refractivity contribution >= 4 is 82.4 Å². The highest BCUT2D eigenvalue weighted by Gasteiger charge is 2.46. The number of hydrogen-bond donors (Lipinski definition) is 9. The van der Waals surface area contributed by atoms with Crippen molar-refractivity contribution in [3.8, 4) is 10.4 Å². The first-order valence-corrected chi connectivity index (χ1v) is 31.6. The highest BCUT2D eigenvalue weighted by atomic mass is 32.1. The molecule has 23 heteroatoms. The molecule has 3 aliphatic rings. The summed E-state index contributed by atoms with van der Waals surface area (Å²) in [5.41, 5.74) is 12.9. The van der Waals surface area contributed by atoms with Gasteiger partial charge < -0.3 is 51.8 Å². The first-order chi connectivity index (χ1) is 40.9. The minimum atomic E-state index is -5.05. The number of aromatic amines is 1. The number of nitrogens with one attached hydrogen (secondary N) is 5. The summed E-state index contributed by atoms with van der Waals surface area (Å²) in [6, 6.07) is 22.6. The van der Waals surface area contributed by atoms with Crippen molar-refractivity contribution in [2.24, 2.45) is 11.1 Å². The fraction of sp³-hybridized carbons (Fsp3) is 0.413. The zero-order valence-corrected chi connectivity index (χ0v) is 50.3. The maximum absolute atomic E-state index is 14.6. The van der Waals surface area contributed by atoms with Crippen LogP contribution in [-0.2, 0) is 65.6 Å². The van der Waals surface area contributed by atoms with Gasteiger partial charge in [-0.25, -0.2) is 4.98 Å². The number of para-hydroxylation sites is 1. The molecule has 0 bridgehead atoms. The number of aliphatic hydroxyl groups is 1. The fourth-order valence-corrected chi connectivity index (χ4v) is 13.0. The number of aryl methyl sites for hydroxylation is 4. The maximum Gasteiger partial charge on any atom is 0.396 e. The van der Waals surface area contributed by atoms with Gasteiger partial charge in [0.25, 0.3) is 11.4 Å². The van der Waals surface area contributed by atoms with Gasteiger partial charge in [-0.2, -0.15) is 0 Å². The number of anilines is 1. The number of thiazole rings is 1. The molecule has 454 valence electrons. The SMILES string of the molecule is Cc1ncsc1-c1ccc(CNC(=O)[C@@H]2C[C@@H](O)CN2C(=O)[C@@H](NC(=O)CCCCCc2cccc(CC[C@H](CCC(N)=O)NC(=O)[C@@H]3Cc4cccc5c4N3C(=O)[C@@H](NC(=O)c3cc4cc(C(=O)P(=O)(O)O)ccc4[nH]3)CC5)c2)C(C)(C)C)cc1. The number of carbonyl (C=O) groups is 8. The summed E-state index contributed by atoms with van der Waals surface area (Å²) in [7, 11) is -5.05. The predicted molar refractivity (Wildman–Crippen MR) is 325 cm³/mol. The molecular weight excluding hydrogens is 1140 g/mol. The summed E-state index contributed by atoms with van der Waals surface area (Å²) in [6.07, 6.45) is 4.41. The van der Waals surface area contributed by atoms with Gasteiger partial charge in [-0.15, -0.1) is 11.3 Å². The van der Waals surface area contributed by atoms with Gasteiger partial charge in [-0.1, -0.05) is 93.9 Å². The van der Waals surface area contributed by atoms with Crippen molar-refractivity contribution < 1.29 is 57.8 Å². The number of fused-ring (bicyclic) bond motifs is 1. The Kier molecular flexibility index (Phi) is 19.5. The van der Waals surface area contributed by atoms with E-state index < -0.39 is 84.4 Å². The molecule has 21 nitrogen and oxygen atoms in total. The van der Waals surface area contributed by atoms with E-state index in [-0.39, 0.29) is 74.7 Å². The minimum Gasteiger partial charge on any atom is -0.391 e. The molecule has 10 N–H and O–H groups in total. The van der Waals surface area contributed by atoms with Crippen LogP contribution in [0.3, 0.4) is 0 Å². The number of amides is 7. The second-order valence-corrected chi connectivity index (χ2v) is 26.2. The average molecular weight is 1210 g/mol. The van der Waals surface area contributed by atoms with Crippen LogP contribution in [0, 0.1) is 12.3 Å². The molecule has 0 aliphatic carbocycles. The van der Waals surface area contributed by atoms with E-state index in [9.17, 15) is 57.8 Å². The predicted octanol–water partition coefficient (Wildman–Crippen LogP) is 6.22. The van der Waals surface area contributed by atoms with Gasteiger partial charge in [0.1, 0.15) is 29.9 Å². The molecule has 0 radical (unpaired) electrons. The number of nitrogens with zero attached hydrogens (tertiary/aromatic N) is 3. The van der Waals surface area contributed by atoms with Crippen molar-refractivity contribution in [1.29, 1.82) is 0 Å². The number of likely N-dealkylation sites (tertiary alicyclic amines) is 1. The fourth-order valence-electron chi connectivity index (χ4n) is 11.8. The van der Waals surface area contributed by atoms with E-state index in [1.165, 1.54) is 34.1 Å². The molecule has 6 aromatic rings. The number of H-pyrrole nitrogens is 1. The van der Waals surface area contributed by atoms with Gasteiger partial charge >= 0.3 is 7.60 Å². The second kappa shape index (κ2) is 26.8. The Morgan fingerprint density at radius 2 is 1.57 bits per heavy atom. The third kappa shape index (κ3) is 15.0. The van der Waals surface area contributed by atoms with Crippen molar-refractivity contribution in [3.05, 3.63) is 141 Å². The minimum absolute atomic E-state index is 0.0188. The average Bonchev–Trinajstić information content (AvgIpc) is 1.69. The third-order valence-electron chi connectivity index (χ3n) is 16.3. The van der Waals surface area contributed by atoms with Crippen LogP contribution < -0.4 is 31.9 Å². The van der Waals surface area contributed by atoms with Crippen LogP contribution in [0.25, 0.3) is 21.3 Å². The second-order valence-electron chi connectivity index (χ2n) is 23.8. The molecule has 1 saturated heterocycles. The lowest BCUT2D eigenvalue weighted by Crippen LogP contribution is -2.57. The Hall–Kier alpha value is -7.88. The van der Waals surface area contributed by atoms with Gasteiger partial charge in [0.05, 0.1) is 27.9 Å². The highest BCUT2D eigenvalue weighted by Crippen LogP contribution is 2.41. The quantitative estimate of drug-likeness (QED) is 0.0241. The maximum atomic E-state index is 14.6. The molecule has 5 heterocycles. The molecule has 7 amide bonds. The highest BCUT2D eigenvalue weighted by molar-refractivity contribution is 7.70. The molecule has 0 saturated carbocycles. The topological polar surface area (TPSA) is 324 Å². The largest absolute Gasteiger partial charge is 0.396 e. The number of unbranched alkanes of at least 4 members (excludes halogenated alkanes) is 2. The molecule has 4 aromatic carbocycles. The summed E-state index contributed by atoms with van der Waals surface area (Å²) >= 11 is 1.56. The number of rotatable bonds is 24. The molecule has 0 spiro atoms. The Balaban J connectivity index is 0.755. The number of hydrogen-bond acceptors (Lipinski definition) is 12. The summed E-state index contributed by atoms with van der Waals surface area (Å²) in [5.74, 6) is -3.13. The van der Waals surface area contributed by atoms with Crippen molar-refractivity contribution in [2.45, 2.75) is 154 Å². The van der Waals surface area contributed by atoms with Crippen LogP contribution in [0.15, 0.2) is 96.5 Å². The van der Waals surface area contributed by atoms with Crippen LogP contribution >= 0.6 is 18.9 Å². The van der Waals surface area contributed by atoms with Crippen molar-refractivity contribution in [2.75, 3.05) is 11.4 Å². The van der Waals surface area contributed by atoms with Crippen molar-refractivity contribution in [3.63, 3.8) is 0 Å². The van der Waals surface area contributed by atoms with Gasteiger partial charge in [-0.3, -0.25) is 47.8 Å². The van der Waals surface area contributed by atoms with E-state index in [1.807, 2.05) is 88.4 Å². The van der Waals surface area contributed by atoms with Gasteiger partial charge in [0.15, 0.2) is 0 Å². The molecule has 1 fully saturated rings. The number of aliphatic hydroxyl groups excluding tert-OH is 1. The zero-order chi connectivity index (χ0) is 61.6. The van der Waals surface area contributed by atoms with E-state index >= 15 is 0 Å². The van der Waals surface area contributed by atoms with Crippen molar-refractivity contribution in [1.82, 2.24) is 36.1 Å². The van der Waals surface area contributed by atoms with Gasteiger partial charge in [0.2, 0.25) is 35.4 Å². The van der Waals surface area contributed by atoms with E-state index in [4.69, 9.17) is 5.73 Å². The smallest absolute Gasteiger partial charge is 0.391 e. The molecule has 0 unspecified atom stereocenters. The standard InChI is InChI=1S/C63H74N9O12PS/c1-36-55(86-35-66-36)41-19-16-39(17-20-41)33-65-58(77)50-32-46(73)34-71(50)61(80)56(63(2,3)4)70-53(75)15-7-5-6-10-37-11-8-12-38(28-37)18-23-45(24-27-52(64)74)67-59(78)51-31-42-14-9-13-40-21-26-48(60(79)72(51)54(40)42)69-57(76)49-30-44-29-43(22-25-47(44)68-49)62(81)85(82,83)84/h8-9,11-14,16-17,19-20,22,25,28-30,35,45-46,48,50-51,56,68,73H,5-7,10,15,18,21,23-24,26-27,31-34H2,1-4H3,(H2,64,74)(H,65,77)(H,67,78)(H,69,76)(H,70,75)(H2,82,83,84)/t45-,46-,48+,50+,51+,56-/m1/s1. The lowest BCUT2D eigenvalue weighted by Gasteiger charge is -2.35. The molecule has 3 aliphatic heterocycles. The lowest BCUT2D eigenvalue weighted by atomic mass is 9.85. The molecule has 2 aromatic heterocycles. The Morgan fingerprint density at radius 1 is 0.837 bits per heavy atom. The van der Waals surface area contributed by atoms with E-state index in [2.05, 4.69) is 37.3 Å². The summed E-state index contributed by atoms with van der Waals surface area (Å²) in [5, 5.41) is 22.9. The monoisotopic (exact) mass is 1210 g/mol. The van der Waals surface area contributed by atoms with Crippen LogP contribution in [0.1, 0.15) is 133 Å². The summed E-state index contributed by atoms with van der Waals surface area (Å²) in [4.78, 5) is 138. The summed E-state index contributed by atoms with van der Waals surface area (Å²) in [6.45, 7) is 7.74. The van der Waals surface area contributed by atoms with Crippen LogP contribution in [0.4, 0.5) is 5.69 Å². The Morgan fingerprint density at radius 3 is 2.28 bits per heavy atom. The lowest BCUT2D eigenvalue weighted by molar-refractivity contribution is -0.144. The summed E-state index contributed by atoms with van der Waals surface area (Å²) < 4.78 is 11.6. The number of primary amides is 1. The normalized spacial score (nSPS) is 18.2. The molecular formula is C63H74N9O12PS. The van der Waals surface area contributed by atoms with E-state index in [0.717, 1.165) is 63.2 Å². The van der Waals surface area contributed by atoms with Gasteiger partial charge in [-0.05, 0) is 121 Å². The number of carbonyl (C=O) groups excluding carboxylic acids is 8. The van der Waals surface area contributed by atoms with Crippen LogP contribution in [-0.4, -0.2) is 119 Å². The molecule has 9 rings (SSSR count). The number of β-amino-alcohol motifs (C(OH)–C–C–N with tert-alkyl or cyclic N) is 1. The Labute approximate surface area is 502 Å². The van der Waals surface area contributed by atoms with Crippen LogP contribution in [0.2, 0.25) is 0 Å². The van der Waals surface area contributed by atoms with E-state index in [0.29, 0.717) is 42.3 Å². The first-order valence-electron chi connectivity index (χ1n) is 29.1. The number of benzene rings is 4. The van der Waals surface area contributed by atoms with Crippen LogP contribution in [0.5, 0.6) is 0 Å². The number of nitrogens with two attached hydrogens (primary N) is 1.